The fourth-order valence-corrected chi connectivity index (χ4v) is 1.92. The smallest absolute Gasteiger partial charge is 0.115 e. The molecule has 0 aromatic heterocycles. The molecule has 0 aliphatic carbocycles. The third-order valence-electron chi connectivity index (χ3n) is 2.89. The van der Waals surface area contributed by atoms with E-state index >= 15 is 0 Å². The van der Waals surface area contributed by atoms with Crippen LogP contribution in [0.15, 0.2) is 42.0 Å². The minimum atomic E-state index is 0.290. The number of ether oxygens (including phenoxy) is 1. The first-order chi connectivity index (χ1) is 8.24. The van der Waals surface area contributed by atoms with Gasteiger partial charge in [-0.3, -0.25) is 0 Å². The van der Waals surface area contributed by atoms with Gasteiger partial charge >= 0.3 is 0 Å². The van der Waals surface area contributed by atoms with Gasteiger partial charge in [0, 0.05) is 0 Å². The van der Waals surface area contributed by atoms with Crippen molar-refractivity contribution in [3.05, 3.63) is 47.6 Å². The highest BCUT2D eigenvalue weighted by Gasteiger charge is 2.08. The van der Waals surface area contributed by atoms with E-state index in [2.05, 4.69) is 25.2 Å². The number of allylic oxidation sites excluding steroid dienone is 1. The van der Waals surface area contributed by atoms with Gasteiger partial charge in [-0.1, -0.05) is 35.9 Å². The van der Waals surface area contributed by atoms with Crippen molar-refractivity contribution in [1.82, 2.24) is 0 Å². The van der Waals surface area contributed by atoms with Crippen LogP contribution in [-0.4, -0.2) is 17.8 Å². The van der Waals surface area contributed by atoms with Crippen LogP contribution in [0.3, 0.4) is 0 Å². The first-order valence-corrected chi connectivity index (χ1v) is 5.98. The van der Waals surface area contributed by atoms with E-state index in [0.717, 1.165) is 25.0 Å². The van der Waals surface area contributed by atoms with Crippen molar-refractivity contribution in [2.24, 2.45) is 0 Å². The summed E-state index contributed by atoms with van der Waals surface area (Å²) < 4.78 is 5.50. The van der Waals surface area contributed by atoms with Gasteiger partial charge < -0.3 is 9.84 Å². The van der Waals surface area contributed by atoms with Gasteiger partial charge in [0.25, 0.3) is 0 Å². The molecule has 1 aromatic carbocycles. The van der Waals surface area contributed by atoms with E-state index in [1.807, 2.05) is 12.1 Å². The maximum absolute atomic E-state index is 9.19. The zero-order valence-electron chi connectivity index (χ0n) is 10.1. The molecule has 1 heterocycles. The van der Waals surface area contributed by atoms with Crippen LogP contribution in [0.2, 0.25) is 0 Å². The molecule has 0 unspecified atom stereocenters. The van der Waals surface area contributed by atoms with E-state index in [1.54, 1.807) is 12.1 Å². The Balaban J connectivity index is 1.87. The van der Waals surface area contributed by atoms with E-state index < -0.39 is 0 Å². The first-order valence-electron chi connectivity index (χ1n) is 5.98. The predicted octanol–water partition coefficient (Wildman–Crippen LogP) is 3.53. The van der Waals surface area contributed by atoms with Gasteiger partial charge in [-0.05, 0) is 37.5 Å². The lowest BCUT2D eigenvalue weighted by molar-refractivity contribution is 0.122. The Labute approximate surface area is 102 Å². The van der Waals surface area contributed by atoms with Crippen molar-refractivity contribution >= 4 is 6.08 Å². The molecule has 2 heteroatoms. The Hall–Kier alpha value is -1.54. The van der Waals surface area contributed by atoms with Gasteiger partial charge in [-0.15, -0.1) is 0 Å². The van der Waals surface area contributed by atoms with Crippen molar-refractivity contribution < 1.29 is 9.84 Å². The average Bonchev–Trinajstić information content (AvgIpc) is 2.83. The fourth-order valence-electron chi connectivity index (χ4n) is 1.92. The van der Waals surface area contributed by atoms with Crippen LogP contribution in [0.25, 0.3) is 6.08 Å². The lowest BCUT2D eigenvalue weighted by atomic mass is 10.1. The van der Waals surface area contributed by atoms with Crippen molar-refractivity contribution in [2.45, 2.75) is 25.9 Å². The molecular weight excluding hydrogens is 212 g/mol. The summed E-state index contributed by atoms with van der Waals surface area (Å²) in [6.45, 7) is 2.89. The molecule has 0 spiro atoms. The maximum atomic E-state index is 9.19. The van der Waals surface area contributed by atoms with E-state index in [4.69, 9.17) is 4.74 Å². The summed E-state index contributed by atoms with van der Waals surface area (Å²) in [7, 11) is 0. The SMILES string of the molecule is C/C(=C\c1ccc(O)cc1)CC[C@@H]1C=CCO1. The largest absolute Gasteiger partial charge is 0.508 e. The first kappa shape index (κ1) is 11.9. The van der Waals surface area contributed by atoms with Gasteiger partial charge in [0.1, 0.15) is 5.75 Å². The Morgan fingerprint density at radius 1 is 1.41 bits per heavy atom. The van der Waals surface area contributed by atoms with Crippen LogP contribution in [0, 0.1) is 0 Å². The van der Waals surface area contributed by atoms with Gasteiger partial charge in [0.15, 0.2) is 0 Å². The van der Waals surface area contributed by atoms with Crippen LogP contribution < -0.4 is 0 Å². The van der Waals surface area contributed by atoms with Gasteiger partial charge in [-0.25, -0.2) is 0 Å². The van der Waals surface area contributed by atoms with Crippen molar-refractivity contribution in [3.8, 4) is 5.75 Å². The Kier molecular flexibility index (Phi) is 3.99. The molecule has 0 fully saturated rings. The topological polar surface area (TPSA) is 29.5 Å². The van der Waals surface area contributed by atoms with E-state index in [0.29, 0.717) is 5.75 Å². The number of benzene rings is 1. The van der Waals surface area contributed by atoms with Crippen molar-refractivity contribution in [3.63, 3.8) is 0 Å². The number of phenolic OH excluding ortho intramolecular Hbond substituents is 1. The molecule has 1 N–H and O–H groups in total. The number of hydrogen-bond acceptors (Lipinski definition) is 2. The Bertz CT molecular complexity index is 415. The molecule has 0 amide bonds. The molecule has 2 rings (SSSR count). The maximum Gasteiger partial charge on any atom is 0.115 e. The monoisotopic (exact) mass is 230 g/mol. The second kappa shape index (κ2) is 5.69. The quantitative estimate of drug-likeness (QED) is 0.802. The summed E-state index contributed by atoms with van der Waals surface area (Å²) in [5, 5.41) is 9.19. The summed E-state index contributed by atoms with van der Waals surface area (Å²) >= 11 is 0. The van der Waals surface area contributed by atoms with Gasteiger partial charge in [0.2, 0.25) is 0 Å². The third-order valence-corrected chi connectivity index (χ3v) is 2.89. The highest BCUT2D eigenvalue weighted by atomic mass is 16.5. The molecule has 2 nitrogen and oxygen atoms in total. The number of aromatic hydroxyl groups is 1. The lowest BCUT2D eigenvalue weighted by Gasteiger charge is -2.08. The predicted molar refractivity (Wildman–Crippen MR) is 69.9 cm³/mol. The molecular formula is C15H18O2. The van der Waals surface area contributed by atoms with Crippen molar-refractivity contribution in [1.29, 1.82) is 0 Å². The summed E-state index contributed by atoms with van der Waals surface area (Å²) in [6, 6.07) is 7.26. The molecule has 90 valence electrons. The van der Waals surface area contributed by atoms with E-state index in [1.165, 1.54) is 5.57 Å². The number of hydrogen-bond donors (Lipinski definition) is 1. The molecule has 0 saturated carbocycles. The zero-order valence-corrected chi connectivity index (χ0v) is 10.1. The van der Waals surface area contributed by atoms with Crippen LogP contribution >= 0.6 is 0 Å². The molecule has 1 aliphatic heterocycles. The highest BCUT2D eigenvalue weighted by Crippen LogP contribution is 2.17. The molecule has 1 atom stereocenters. The third kappa shape index (κ3) is 3.75. The number of phenols is 1. The molecule has 0 radical (unpaired) electrons. The highest BCUT2D eigenvalue weighted by molar-refractivity contribution is 5.53. The van der Waals surface area contributed by atoms with Crippen molar-refractivity contribution in [2.75, 3.05) is 6.61 Å². The summed E-state index contributed by atoms with van der Waals surface area (Å²) in [4.78, 5) is 0. The summed E-state index contributed by atoms with van der Waals surface area (Å²) in [6.07, 6.45) is 8.72. The van der Waals surface area contributed by atoms with Crippen LogP contribution in [0.5, 0.6) is 5.75 Å². The fraction of sp³-hybridized carbons (Fsp3) is 0.333. The molecule has 17 heavy (non-hydrogen) atoms. The van der Waals surface area contributed by atoms with Gasteiger partial charge in [-0.2, -0.15) is 0 Å². The minimum Gasteiger partial charge on any atom is -0.508 e. The Morgan fingerprint density at radius 3 is 2.82 bits per heavy atom. The zero-order chi connectivity index (χ0) is 12.1. The molecule has 1 aliphatic rings. The van der Waals surface area contributed by atoms with Crippen LogP contribution in [0.1, 0.15) is 25.3 Å². The van der Waals surface area contributed by atoms with Crippen LogP contribution in [-0.2, 0) is 4.74 Å². The lowest BCUT2D eigenvalue weighted by Crippen LogP contribution is -2.03. The van der Waals surface area contributed by atoms with Gasteiger partial charge in [0.05, 0.1) is 12.7 Å². The summed E-state index contributed by atoms with van der Waals surface area (Å²) in [5.41, 5.74) is 2.46. The Morgan fingerprint density at radius 2 is 2.18 bits per heavy atom. The minimum absolute atomic E-state index is 0.290. The second-order valence-electron chi connectivity index (χ2n) is 4.42. The molecule has 0 bridgehead atoms. The standard InChI is InChI=1S/C15H18O2/c1-12(4-9-15-3-2-10-17-15)11-13-5-7-14(16)8-6-13/h2-3,5-8,11,15-16H,4,9-10H2,1H3/b12-11+/t15-/m0/s1. The second-order valence-corrected chi connectivity index (χ2v) is 4.42. The molecule has 0 saturated heterocycles. The van der Waals surface area contributed by atoms with Crippen LogP contribution in [0.4, 0.5) is 0 Å². The normalized spacial score (nSPS) is 19.8. The number of rotatable bonds is 4. The molecule has 1 aromatic rings. The van der Waals surface area contributed by atoms with E-state index in [-0.39, 0.29) is 6.10 Å². The van der Waals surface area contributed by atoms with E-state index in [9.17, 15) is 5.11 Å². The summed E-state index contributed by atoms with van der Waals surface area (Å²) in [5.74, 6) is 0.310. The average molecular weight is 230 g/mol.